The molecule has 2 heterocycles. The van der Waals surface area contributed by atoms with Gasteiger partial charge in [-0.15, -0.1) is 0 Å². The molecule has 1 aromatic carbocycles. The molecule has 5 heteroatoms. The van der Waals surface area contributed by atoms with Crippen molar-refractivity contribution in [1.82, 2.24) is 10.2 Å². The minimum absolute atomic E-state index is 0.0797. The summed E-state index contributed by atoms with van der Waals surface area (Å²) >= 11 is 6.04. The van der Waals surface area contributed by atoms with Crippen molar-refractivity contribution in [2.75, 3.05) is 26.2 Å². The first kappa shape index (κ1) is 14.8. The van der Waals surface area contributed by atoms with Gasteiger partial charge < -0.3 is 10.2 Å². The molecule has 0 aromatic heterocycles. The van der Waals surface area contributed by atoms with E-state index in [0.29, 0.717) is 16.5 Å². The lowest BCUT2D eigenvalue weighted by Crippen LogP contribution is -2.44. The maximum absolute atomic E-state index is 13.4. The molecule has 1 N–H and O–H groups in total. The SMILES string of the molecule is Cc1cc(C(=O)N2CCC3(CCNC3)CC2)c(Cl)cc1F. The van der Waals surface area contributed by atoms with E-state index in [1.807, 2.05) is 4.90 Å². The predicted octanol–water partition coefficient (Wildman–Crippen LogP) is 3.00. The fourth-order valence-corrected chi connectivity index (χ4v) is 3.63. The smallest absolute Gasteiger partial charge is 0.255 e. The molecule has 0 saturated carbocycles. The molecule has 1 aromatic rings. The van der Waals surface area contributed by atoms with E-state index in [9.17, 15) is 9.18 Å². The van der Waals surface area contributed by atoms with E-state index in [1.165, 1.54) is 12.5 Å². The normalized spacial score (nSPS) is 21.0. The number of piperidine rings is 1. The van der Waals surface area contributed by atoms with Crippen molar-refractivity contribution in [3.8, 4) is 0 Å². The molecule has 0 unspecified atom stereocenters. The highest BCUT2D eigenvalue weighted by molar-refractivity contribution is 6.33. The minimum atomic E-state index is -0.369. The Hall–Kier alpha value is -1.13. The molecule has 0 aliphatic carbocycles. The first-order valence-electron chi connectivity index (χ1n) is 7.46. The summed E-state index contributed by atoms with van der Waals surface area (Å²) in [6.07, 6.45) is 3.26. The Morgan fingerprint density at radius 1 is 1.33 bits per heavy atom. The number of hydrogen-bond acceptors (Lipinski definition) is 2. The van der Waals surface area contributed by atoms with Crippen LogP contribution in [0.1, 0.15) is 35.2 Å². The zero-order valence-corrected chi connectivity index (χ0v) is 13.0. The third-order valence-electron chi connectivity index (χ3n) is 4.92. The van der Waals surface area contributed by atoms with Gasteiger partial charge in [-0.05, 0) is 55.8 Å². The lowest BCUT2D eigenvalue weighted by molar-refractivity contribution is 0.0607. The van der Waals surface area contributed by atoms with Crippen LogP contribution < -0.4 is 5.32 Å². The first-order chi connectivity index (χ1) is 10.0. The van der Waals surface area contributed by atoms with Gasteiger partial charge in [0.05, 0.1) is 10.6 Å². The van der Waals surface area contributed by atoms with E-state index >= 15 is 0 Å². The molecular formula is C16H20ClFN2O. The summed E-state index contributed by atoms with van der Waals surface area (Å²) in [6, 6.07) is 2.79. The molecule has 2 saturated heterocycles. The Balaban J connectivity index is 1.73. The third-order valence-corrected chi connectivity index (χ3v) is 5.23. The van der Waals surface area contributed by atoms with Crippen LogP contribution in [0.2, 0.25) is 5.02 Å². The number of aryl methyl sites for hydroxylation is 1. The number of benzene rings is 1. The molecule has 0 bridgehead atoms. The quantitative estimate of drug-likeness (QED) is 0.865. The maximum atomic E-state index is 13.4. The Kier molecular flexibility index (Phi) is 3.93. The summed E-state index contributed by atoms with van der Waals surface area (Å²) in [7, 11) is 0. The van der Waals surface area contributed by atoms with Crippen LogP contribution in [0.5, 0.6) is 0 Å². The molecule has 21 heavy (non-hydrogen) atoms. The standard InChI is InChI=1S/C16H20ClFN2O/c1-11-8-12(13(17)9-14(11)18)15(21)20-6-3-16(4-7-20)2-5-19-10-16/h8-9,19H,2-7,10H2,1H3. The van der Waals surface area contributed by atoms with Crippen molar-refractivity contribution in [3.05, 3.63) is 34.1 Å². The van der Waals surface area contributed by atoms with Gasteiger partial charge in [-0.1, -0.05) is 11.6 Å². The fraction of sp³-hybridized carbons (Fsp3) is 0.562. The lowest BCUT2D eigenvalue weighted by Gasteiger charge is -2.39. The van der Waals surface area contributed by atoms with Crippen LogP contribution in [0.25, 0.3) is 0 Å². The van der Waals surface area contributed by atoms with E-state index in [4.69, 9.17) is 11.6 Å². The Morgan fingerprint density at radius 2 is 2.05 bits per heavy atom. The van der Waals surface area contributed by atoms with Gasteiger partial charge in [0.15, 0.2) is 0 Å². The largest absolute Gasteiger partial charge is 0.339 e. The number of likely N-dealkylation sites (tertiary alicyclic amines) is 1. The molecule has 1 amide bonds. The number of nitrogens with zero attached hydrogens (tertiary/aromatic N) is 1. The zero-order valence-electron chi connectivity index (χ0n) is 12.2. The van der Waals surface area contributed by atoms with E-state index in [1.54, 1.807) is 13.0 Å². The summed E-state index contributed by atoms with van der Waals surface area (Å²) in [6.45, 7) is 5.31. The van der Waals surface area contributed by atoms with E-state index < -0.39 is 0 Å². The summed E-state index contributed by atoms with van der Waals surface area (Å²) in [5.41, 5.74) is 1.24. The average Bonchev–Trinajstić information content (AvgIpc) is 2.91. The monoisotopic (exact) mass is 310 g/mol. The molecule has 114 valence electrons. The number of nitrogens with one attached hydrogen (secondary N) is 1. The van der Waals surface area contributed by atoms with Crippen molar-refractivity contribution in [1.29, 1.82) is 0 Å². The van der Waals surface area contributed by atoms with Gasteiger partial charge in [-0.2, -0.15) is 0 Å². The van der Waals surface area contributed by atoms with Gasteiger partial charge in [0.2, 0.25) is 0 Å². The number of halogens is 2. The van der Waals surface area contributed by atoms with E-state index in [2.05, 4.69) is 5.32 Å². The molecule has 3 rings (SSSR count). The minimum Gasteiger partial charge on any atom is -0.339 e. The van der Waals surface area contributed by atoms with Crippen LogP contribution in [-0.4, -0.2) is 37.0 Å². The van der Waals surface area contributed by atoms with Gasteiger partial charge >= 0.3 is 0 Å². The van der Waals surface area contributed by atoms with Crippen LogP contribution in [0.4, 0.5) is 4.39 Å². The number of carbonyl (C=O) groups is 1. The van der Waals surface area contributed by atoms with E-state index in [-0.39, 0.29) is 16.7 Å². The third kappa shape index (κ3) is 2.79. The second kappa shape index (κ2) is 5.58. The van der Waals surface area contributed by atoms with Crippen molar-refractivity contribution >= 4 is 17.5 Å². The second-order valence-corrected chi connectivity index (χ2v) is 6.71. The summed E-state index contributed by atoms with van der Waals surface area (Å²) in [4.78, 5) is 14.4. The topological polar surface area (TPSA) is 32.3 Å². The molecular weight excluding hydrogens is 291 g/mol. The lowest BCUT2D eigenvalue weighted by atomic mass is 9.78. The van der Waals surface area contributed by atoms with Gasteiger partial charge in [-0.25, -0.2) is 4.39 Å². The van der Waals surface area contributed by atoms with E-state index in [0.717, 1.165) is 39.0 Å². The number of rotatable bonds is 1. The Morgan fingerprint density at radius 3 is 2.67 bits per heavy atom. The molecule has 0 radical (unpaired) electrons. The van der Waals surface area contributed by atoms with Gasteiger partial charge in [-0.3, -0.25) is 4.79 Å². The Labute approximate surface area is 129 Å². The van der Waals surface area contributed by atoms with Crippen LogP contribution in [0.15, 0.2) is 12.1 Å². The summed E-state index contributed by atoms with van der Waals surface area (Å²) in [5.74, 6) is -0.449. The van der Waals surface area contributed by atoms with Crippen molar-refractivity contribution in [3.63, 3.8) is 0 Å². The van der Waals surface area contributed by atoms with Crippen LogP contribution in [0.3, 0.4) is 0 Å². The molecule has 1 spiro atoms. The molecule has 2 fully saturated rings. The summed E-state index contributed by atoms with van der Waals surface area (Å²) < 4.78 is 13.4. The summed E-state index contributed by atoms with van der Waals surface area (Å²) in [5, 5.41) is 3.62. The van der Waals surface area contributed by atoms with Crippen LogP contribution in [0, 0.1) is 18.2 Å². The molecule has 2 aliphatic rings. The number of amides is 1. The zero-order chi connectivity index (χ0) is 15.0. The molecule has 0 atom stereocenters. The van der Waals surface area contributed by atoms with Crippen LogP contribution in [-0.2, 0) is 0 Å². The highest BCUT2D eigenvalue weighted by atomic mass is 35.5. The van der Waals surface area contributed by atoms with Gasteiger partial charge in [0, 0.05) is 19.6 Å². The highest BCUT2D eigenvalue weighted by Crippen LogP contribution is 2.37. The molecule has 3 nitrogen and oxygen atoms in total. The van der Waals surface area contributed by atoms with Crippen LogP contribution >= 0.6 is 11.6 Å². The average molecular weight is 311 g/mol. The number of hydrogen-bond donors (Lipinski definition) is 1. The first-order valence-corrected chi connectivity index (χ1v) is 7.84. The van der Waals surface area contributed by atoms with Crippen molar-refractivity contribution in [2.45, 2.75) is 26.2 Å². The van der Waals surface area contributed by atoms with Crippen molar-refractivity contribution < 1.29 is 9.18 Å². The van der Waals surface area contributed by atoms with Crippen molar-refractivity contribution in [2.24, 2.45) is 5.41 Å². The molecule has 2 aliphatic heterocycles. The highest BCUT2D eigenvalue weighted by Gasteiger charge is 2.38. The predicted molar refractivity (Wildman–Crippen MR) is 81.2 cm³/mol. The fourth-order valence-electron chi connectivity index (χ4n) is 3.40. The second-order valence-electron chi connectivity index (χ2n) is 6.30. The van der Waals surface area contributed by atoms with Gasteiger partial charge in [0.1, 0.15) is 5.82 Å². The Bertz CT molecular complexity index is 560. The maximum Gasteiger partial charge on any atom is 0.255 e. The van der Waals surface area contributed by atoms with Gasteiger partial charge in [0.25, 0.3) is 5.91 Å². The number of carbonyl (C=O) groups excluding carboxylic acids is 1.